The summed E-state index contributed by atoms with van der Waals surface area (Å²) in [6.07, 6.45) is 3.58. The Balaban J connectivity index is 1.81. The Morgan fingerprint density at radius 3 is 2.57 bits per heavy atom. The highest BCUT2D eigenvalue weighted by Crippen LogP contribution is 2.19. The van der Waals surface area contributed by atoms with E-state index < -0.39 is 11.6 Å². The molecule has 2 N–H and O–H groups in total. The number of piperidine rings is 1. The van der Waals surface area contributed by atoms with E-state index in [-0.39, 0.29) is 0 Å². The summed E-state index contributed by atoms with van der Waals surface area (Å²) >= 11 is 0. The second kappa shape index (κ2) is 5.89. The molecular formula is C15H18F2N4. The number of anilines is 1. The normalized spacial score (nSPS) is 18.9. The Morgan fingerprint density at radius 1 is 1.19 bits per heavy atom. The smallest absolute Gasteiger partial charge is 0.161 e. The molecule has 1 aromatic heterocycles. The second-order valence-electron chi connectivity index (χ2n) is 5.44. The minimum Gasteiger partial charge on any atom is -0.367 e. The van der Waals surface area contributed by atoms with Gasteiger partial charge in [-0.2, -0.15) is 0 Å². The lowest BCUT2D eigenvalue weighted by Crippen LogP contribution is -2.39. The molecule has 0 spiro atoms. The van der Waals surface area contributed by atoms with Crippen molar-refractivity contribution < 1.29 is 8.78 Å². The molecule has 2 heterocycles. The SMILES string of the molecule is Cc1nc2cc(F)c(F)cc2nc1NC[C@@H]1CCCCN1. The molecule has 4 nitrogen and oxygen atoms in total. The van der Waals surface area contributed by atoms with Gasteiger partial charge in [0.15, 0.2) is 11.6 Å². The number of rotatable bonds is 3. The van der Waals surface area contributed by atoms with Gasteiger partial charge in [-0.15, -0.1) is 0 Å². The number of hydrogen-bond donors (Lipinski definition) is 2. The van der Waals surface area contributed by atoms with Crippen molar-refractivity contribution >= 4 is 16.9 Å². The number of aromatic nitrogens is 2. The monoisotopic (exact) mass is 292 g/mol. The van der Waals surface area contributed by atoms with Crippen LogP contribution in [0.2, 0.25) is 0 Å². The lowest BCUT2D eigenvalue weighted by atomic mass is 10.1. The molecule has 1 aromatic carbocycles. The summed E-state index contributed by atoms with van der Waals surface area (Å²) in [5, 5.41) is 6.70. The van der Waals surface area contributed by atoms with Crippen LogP contribution in [0, 0.1) is 18.6 Å². The molecule has 21 heavy (non-hydrogen) atoms. The highest BCUT2D eigenvalue weighted by molar-refractivity contribution is 5.76. The van der Waals surface area contributed by atoms with Gasteiger partial charge < -0.3 is 10.6 Å². The third-order valence-electron chi connectivity index (χ3n) is 3.81. The van der Waals surface area contributed by atoms with Crippen molar-refractivity contribution in [1.82, 2.24) is 15.3 Å². The van der Waals surface area contributed by atoms with E-state index in [1.807, 2.05) is 6.92 Å². The van der Waals surface area contributed by atoms with E-state index in [1.165, 1.54) is 12.8 Å². The standard InChI is InChI=1S/C15H18F2N4/c1-9-15(19-8-10-4-2-3-5-18-10)21-14-7-12(17)11(16)6-13(14)20-9/h6-7,10,18H,2-5,8H2,1H3,(H,19,21)/t10-/m0/s1. The molecule has 0 aliphatic carbocycles. The van der Waals surface area contributed by atoms with Gasteiger partial charge in [0.05, 0.1) is 16.7 Å². The average Bonchev–Trinajstić information content (AvgIpc) is 2.48. The molecule has 0 bridgehead atoms. The van der Waals surface area contributed by atoms with Crippen LogP contribution in [-0.2, 0) is 0 Å². The Morgan fingerprint density at radius 2 is 1.90 bits per heavy atom. The first-order valence-corrected chi connectivity index (χ1v) is 7.24. The Bertz CT molecular complexity index is 654. The quantitative estimate of drug-likeness (QED) is 0.913. The number of nitrogens with one attached hydrogen (secondary N) is 2. The topological polar surface area (TPSA) is 49.8 Å². The van der Waals surface area contributed by atoms with Crippen LogP contribution in [0.4, 0.5) is 14.6 Å². The zero-order valence-corrected chi connectivity index (χ0v) is 11.9. The van der Waals surface area contributed by atoms with Crippen LogP contribution < -0.4 is 10.6 Å². The zero-order valence-electron chi connectivity index (χ0n) is 11.9. The fourth-order valence-corrected chi connectivity index (χ4v) is 2.63. The van der Waals surface area contributed by atoms with E-state index in [0.717, 1.165) is 31.6 Å². The summed E-state index contributed by atoms with van der Waals surface area (Å²) < 4.78 is 26.5. The molecule has 0 amide bonds. The zero-order chi connectivity index (χ0) is 14.8. The van der Waals surface area contributed by atoms with Gasteiger partial charge in [-0.3, -0.25) is 0 Å². The first-order chi connectivity index (χ1) is 10.1. The maximum Gasteiger partial charge on any atom is 0.161 e. The first-order valence-electron chi connectivity index (χ1n) is 7.24. The number of benzene rings is 1. The molecule has 3 rings (SSSR count). The van der Waals surface area contributed by atoms with Gasteiger partial charge in [-0.1, -0.05) is 6.42 Å². The molecular weight excluding hydrogens is 274 g/mol. The van der Waals surface area contributed by atoms with Crippen LogP contribution in [0.15, 0.2) is 12.1 Å². The van der Waals surface area contributed by atoms with Gasteiger partial charge in [0.1, 0.15) is 5.82 Å². The van der Waals surface area contributed by atoms with Crippen LogP contribution in [0.3, 0.4) is 0 Å². The first kappa shape index (κ1) is 14.1. The molecule has 2 aromatic rings. The summed E-state index contributed by atoms with van der Waals surface area (Å²) in [6.45, 7) is 3.61. The van der Waals surface area contributed by atoms with E-state index in [1.54, 1.807) is 0 Å². The molecule has 1 atom stereocenters. The van der Waals surface area contributed by atoms with Crippen LogP contribution in [0.1, 0.15) is 25.0 Å². The predicted octanol–water partition coefficient (Wildman–Crippen LogP) is 2.77. The van der Waals surface area contributed by atoms with Crippen molar-refractivity contribution in [2.75, 3.05) is 18.4 Å². The Kier molecular flexibility index (Phi) is 3.96. The molecule has 1 saturated heterocycles. The molecule has 1 fully saturated rings. The van der Waals surface area contributed by atoms with Crippen molar-refractivity contribution in [2.24, 2.45) is 0 Å². The number of hydrogen-bond acceptors (Lipinski definition) is 4. The minimum absolute atomic E-state index is 0.360. The summed E-state index contributed by atoms with van der Waals surface area (Å²) in [6, 6.07) is 2.58. The molecule has 1 aliphatic heterocycles. The van der Waals surface area contributed by atoms with Crippen molar-refractivity contribution in [1.29, 1.82) is 0 Å². The van der Waals surface area contributed by atoms with Gasteiger partial charge in [0.25, 0.3) is 0 Å². The van der Waals surface area contributed by atoms with Gasteiger partial charge >= 0.3 is 0 Å². The third-order valence-corrected chi connectivity index (χ3v) is 3.81. The Labute approximate surface area is 122 Å². The van der Waals surface area contributed by atoms with Crippen molar-refractivity contribution in [3.05, 3.63) is 29.5 Å². The fourth-order valence-electron chi connectivity index (χ4n) is 2.63. The molecule has 112 valence electrons. The van der Waals surface area contributed by atoms with Crippen LogP contribution >= 0.6 is 0 Å². The number of aryl methyl sites for hydroxylation is 1. The summed E-state index contributed by atoms with van der Waals surface area (Å²) in [4.78, 5) is 8.64. The third kappa shape index (κ3) is 3.10. The van der Waals surface area contributed by atoms with E-state index in [2.05, 4.69) is 20.6 Å². The minimum atomic E-state index is -0.902. The average molecular weight is 292 g/mol. The highest BCUT2D eigenvalue weighted by Gasteiger charge is 2.14. The van der Waals surface area contributed by atoms with Gasteiger partial charge in [0, 0.05) is 24.7 Å². The number of nitrogens with zero attached hydrogens (tertiary/aromatic N) is 2. The highest BCUT2D eigenvalue weighted by atomic mass is 19.2. The molecule has 0 unspecified atom stereocenters. The second-order valence-corrected chi connectivity index (χ2v) is 5.44. The maximum atomic E-state index is 13.3. The van der Waals surface area contributed by atoms with E-state index >= 15 is 0 Å². The van der Waals surface area contributed by atoms with Gasteiger partial charge in [-0.25, -0.2) is 18.7 Å². The van der Waals surface area contributed by atoms with Crippen LogP contribution in [0.25, 0.3) is 11.0 Å². The lowest BCUT2D eigenvalue weighted by Gasteiger charge is -2.24. The van der Waals surface area contributed by atoms with Crippen molar-refractivity contribution in [2.45, 2.75) is 32.2 Å². The molecule has 1 aliphatic rings. The van der Waals surface area contributed by atoms with Gasteiger partial charge in [0.2, 0.25) is 0 Å². The Hall–Kier alpha value is -1.82. The van der Waals surface area contributed by atoms with Crippen molar-refractivity contribution in [3.8, 4) is 0 Å². The lowest BCUT2D eigenvalue weighted by molar-refractivity contribution is 0.414. The van der Waals surface area contributed by atoms with E-state index in [9.17, 15) is 8.78 Å². The van der Waals surface area contributed by atoms with Crippen molar-refractivity contribution in [3.63, 3.8) is 0 Å². The molecule has 0 radical (unpaired) electrons. The predicted molar refractivity (Wildman–Crippen MR) is 78.3 cm³/mol. The summed E-state index contributed by atoms with van der Waals surface area (Å²) in [7, 11) is 0. The number of halogens is 2. The van der Waals surface area contributed by atoms with Gasteiger partial charge in [-0.05, 0) is 26.3 Å². The fraction of sp³-hybridized carbons (Fsp3) is 0.467. The summed E-state index contributed by atoms with van der Waals surface area (Å²) in [5.41, 5.74) is 1.41. The maximum absolute atomic E-state index is 13.3. The largest absolute Gasteiger partial charge is 0.367 e. The van der Waals surface area contributed by atoms with Crippen LogP contribution in [-0.4, -0.2) is 29.1 Å². The number of fused-ring (bicyclic) bond motifs is 1. The van der Waals surface area contributed by atoms with E-state index in [4.69, 9.17) is 0 Å². The molecule has 6 heteroatoms. The summed E-state index contributed by atoms with van der Waals surface area (Å²) in [5.74, 6) is -1.18. The van der Waals surface area contributed by atoms with Crippen LogP contribution in [0.5, 0.6) is 0 Å². The van der Waals surface area contributed by atoms with E-state index in [0.29, 0.717) is 28.6 Å². The molecule has 0 saturated carbocycles.